The fraction of sp³-hybridized carbons (Fsp3) is 0.640. The molecule has 3 aliphatic heterocycles. The molecule has 3 aliphatic rings. The number of piperidine rings is 3. The lowest BCUT2D eigenvalue weighted by molar-refractivity contribution is -0.134. The Balaban J connectivity index is 1.27. The predicted octanol–water partition coefficient (Wildman–Crippen LogP) is 2.52. The molecule has 0 bridgehead atoms. The second-order valence-electron chi connectivity index (χ2n) is 10.1. The Morgan fingerprint density at radius 1 is 1.12 bits per heavy atom. The topological polar surface area (TPSA) is 79.3 Å². The van der Waals surface area contributed by atoms with Crippen molar-refractivity contribution < 1.29 is 9.59 Å². The SMILES string of the molecule is C[C@@H]1CNCC[C@H]1CN1CCC(c2ccc3c(C4CCC(=O)NC4=O)nn(C)c3c2)CC1. The molecule has 2 aromatic rings. The fourth-order valence-corrected chi connectivity index (χ4v) is 5.89. The second-order valence-corrected chi connectivity index (χ2v) is 10.1. The number of rotatable bonds is 4. The molecular formula is C25H35N5O2. The standard InChI is InChI=1S/C25H35N5O2/c1-16-14-26-10-7-19(16)15-30-11-8-17(9-12-30)18-3-4-20-22(13-18)29(2)28-24(20)21-5-6-23(31)27-25(21)32/h3-4,13,16-17,19,21,26H,5-12,14-15H2,1-2H3,(H,27,31,32)/t16-,19+,21?/m1/s1. The molecular weight excluding hydrogens is 402 g/mol. The van der Waals surface area contributed by atoms with E-state index in [1.54, 1.807) is 0 Å². The van der Waals surface area contributed by atoms with Gasteiger partial charge in [-0.05, 0) is 81.2 Å². The van der Waals surface area contributed by atoms with Crippen molar-refractivity contribution in [1.82, 2.24) is 25.3 Å². The van der Waals surface area contributed by atoms with Gasteiger partial charge in [0.15, 0.2) is 0 Å². The number of nitrogens with one attached hydrogen (secondary N) is 2. The van der Waals surface area contributed by atoms with Crippen LogP contribution in [-0.2, 0) is 16.6 Å². The fourth-order valence-electron chi connectivity index (χ4n) is 5.89. The molecule has 3 saturated heterocycles. The molecule has 0 spiro atoms. The van der Waals surface area contributed by atoms with Gasteiger partial charge in [-0.2, -0.15) is 5.10 Å². The number of carbonyl (C=O) groups excluding carboxylic acids is 2. The zero-order valence-corrected chi connectivity index (χ0v) is 19.3. The number of nitrogens with zero attached hydrogens (tertiary/aromatic N) is 3. The minimum absolute atomic E-state index is 0.185. The van der Waals surface area contributed by atoms with Crippen LogP contribution in [0.15, 0.2) is 18.2 Å². The van der Waals surface area contributed by atoms with Crippen LogP contribution in [0.5, 0.6) is 0 Å². The van der Waals surface area contributed by atoms with Gasteiger partial charge in [0.05, 0.1) is 17.1 Å². The number of likely N-dealkylation sites (tertiary alicyclic amines) is 1. The van der Waals surface area contributed by atoms with E-state index in [0.29, 0.717) is 18.8 Å². The molecule has 2 N–H and O–H groups in total. The van der Waals surface area contributed by atoms with Crippen molar-refractivity contribution in [3.8, 4) is 0 Å². The number of carbonyl (C=O) groups is 2. The van der Waals surface area contributed by atoms with Gasteiger partial charge in [-0.3, -0.25) is 19.6 Å². The van der Waals surface area contributed by atoms with Crippen LogP contribution < -0.4 is 10.6 Å². The van der Waals surface area contributed by atoms with E-state index in [9.17, 15) is 9.59 Å². The molecule has 2 amide bonds. The molecule has 172 valence electrons. The molecule has 1 aromatic heterocycles. The second kappa shape index (κ2) is 8.94. The molecule has 3 atom stereocenters. The number of hydrogen-bond donors (Lipinski definition) is 2. The van der Waals surface area contributed by atoms with Crippen LogP contribution >= 0.6 is 0 Å². The summed E-state index contributed by atoms with van der Waals surface area (Å²) in [5, 5.41) is 11.7. The highest BCUT2D eigenvalue weighted by Crippen LogP contribution is 2.35. The normalized spacial score (nSPS) is 28.2. The van der Waals surface area contributed by atoms with Gasteiger partial charge >= 0.3 is 0 Å². The number of amides is 2. The summed E-state index contributed by atoms with van der Waals surface area (Å²) < 4.78 is 1.89. The Morgan fingerprint density at radius 2 is 1.94 bits per heavy atom. The summed E-state index contributed by atoms with van der Waals surface area (Å²) in [5.74, 6) is 1.42. The molecule has 0 saturated carbocycles. The molecule has 0 aliphatic carbocycles. The highest BCUT2D eigenvalue weighted by atomic mass is 16.2. The third-order valence-corrected chi connectivity index (χ3v) is 7.99. The number of benzene rings is 1. The lowest BCUT2D eigenvalue weighted by Crippen LogP contribution is -2.43. The van der Waals surface area contributed by atoms with Crippen molar-refractivity contribution in [2.24, 2.45) is 18.9 Å². The molecule has 1 aromatic carbocycles. The summed E-state index contributed by atoms with van der Waals surface area (Å²) in [7, 11) is 1.95. The van der Waals surface area contributed by atoms with Gasteiger partial charge in [-0.25, -0.2) is 0 Å². The van der Waals surface area contributed by atoms with Crippen molar-refractivity contribution in [3.63, 3.8) is 0 Å². The summed E-state index contributed by atoms with van der Waals surface area (Å²) in [6, 6.07) is 6.64. The molecule has 32 heavy (non-hydrogen) atoms. The first kappa shape index (κ1) is 21.6. The van der Waals surface area contributed by atoms with Gasteiger partial charge in [-0.1, -0.05) is 19.1 Å². The first-order valence-corrected chi connectivity index (χ1v) is 12.2. The summed E-state index contributed by atoms with van der Waals surface area (Å²) in [6.07, 6.45) is 4.60. The largest absolute Gasteiger partial charge is 0.316 e. The maximum atomic E-state index is 12.4. The van der Waals surface area contributed by atoms with E-state index >= 15 is 0 Å². The number of aryl methyl sites for hydroxylation is 1. The number of fused-ring (bicyclic) bond motifs is 1. The quantitative estimate of drug-likeness (QED) is 0.719. The summed E-state index contributed by atoms with van der Waals surface area (Å²) in [6.45, 7) is 8.30. The number of imide groups is 1. The lowest BCUT2D eigenvalue weighted by atomic mass is 9.85. The summed E-state index contributed by atoms with van der Waals surface area (Å²) in [4.78, 5) is 26.6. The van der Waals surface area contributed by atoms with E-state index in [4.69, 9.17) is 5.10 Å². The molecule has 4 heterocycles. The molecule has 3 fully saturated rings. The third kappa shape index (κ3) is 4.20. The van der Waals surface area contributed by atoms with Gasteiger partial charge < -0.3 is 10.2 Å². The molecule has 0 radical (unpaired) electrons. The van der Waals surface area contributed by atoms with Crippen molar-refractivity contribution in [2.45, 2.75) is 50.9 Å². The van der Waals surface area contributed by atoms with Crippen molar-refractivity contribution in [2.75, 3.05) is 32.7 Å². The molecule has 5 rings (SSSR count). The Labute approximate surface area is 189 Å². The van der Waals surface area contributed by atoms with Crippen molar-refractivity contribution in [1.29, 1.82) is 0 Å². The van der Waals surface area contributed by atoms with E-state index < -0.39 is 0 Å². The van der Waals surface area contributed by atoms with Gasteiger partial charge in [0.1, 0.15) is 0 Å². The van der Waals surface area contributed by atoms with E-state index in [1.807, 2.05) is 11.7 Å². The molecule has 7 heteroatoms. The van der Waals surface area contributed by atoms with E-state index in [2.05, 4.69) is 40.7 Å². The molecule has 7 nitrogen and oxygen atoms in total. The minimum atomic E-state index is -0.345. The Bertz CT molecular complexity index is 1010. The predicted molar refractivity (Wildman–Crippen MR) is 124 cm³/mol. The van der Waals surface area contributed by atoms with Gasteiger partial charge in [0.25, 0.3) is 0 Å². The average Bonchev–Trinajstić information content (AvgIpc) is 3.11. The van der Waals surface area contributed by atoms with Crippen LogP contribution in [0, 0.1) is 11.8 Å². The Morgan fingerprint density at radius 3 is 2.69 bits per heavy atom. The van der Waals surface area contributed by atoms with E-state index in [0.717, 1.165) is 41.5 Å². The maximum Gasteiger partial charge on any atom is 0.235 e. The smallest absolute Gasteiger partial charge is 0.235 e. The van der Waals surface area contributed by atoms with Crippen LogP contribution in [0.1, 0.15) is 62.1 Å². The van der Waals surface area contributed by atoms with Gasteiger partial charge in [0.2, 0.25) is 11.8 Å². The van der Waals surface area contributed by atoms with Crippen LogP contribution in [-0.4, -0.2) is 59.2 Å². The first-order chi connectivity index (χ1) is 15.5. The monoisotopic (exact) mass is 437 g/mol. The van der Waals surface area contributed by atoms with Crippen molar-refractivity contribution in [3.05, 3.63) is 29.5 Å². The zero-order chi connectivity index (χ0) is 22.2. The average molecular weight is 438 g/mol. The molecule has 1 unspecified atom stereocenters. The number of hydrogen-bond acceptors (Lipinski definition) is 5. The Hall–Kier alpha value is -2.25. The highest BCUT2D eigenvalue weighted by Gasteiger charge is 2.32. The van der Waals surface area contributed by atoms with Crippen molar-refractivity contribution >= 4 is 22.7 Å². The van der Waals surface area contributed by atoms with Gasteiger partial charge in [-0.15, -0.1) is 0 Å². The zero-order valence-electron chi connectivity index (χ0n) is 19.3. The highest BCUT2D eigenvalue weighted by molar-refractivity contribution is 6.02. The maximum absolute atomic E-state index is 12.4. The Kier molecular flexibility index (Phi) is 6.03. The van der Waals surface area contributed by atoms with Crippen LogP contribution in [0.25, 0.3) is 10.9 Å². The minimum Gasteiger partial charge on any atom is -0.316 e. The third-order valence-electron chi connectivity index (χ3n) is 7.99. The van der Waals surface area contributed by atoms with E-state index in [1.165, 1.54) is 44.5 Å². The van der Waals surface area contributed by atoms with E-state index in [-0.39, 0.29) is 17.7 Å². The van der Waals surface area contributed by atoms with Crippen LogP contribution in [0.2, 0.25) is 0 Å². The van der Waals surface area contributed by atoms with Gasteiger partial charge in [0, 0.05) is 25.4 Å². The van der Waals surface area contributed by atoms with Crippen LogP contribution in [0.4, 0.5) is 0 Å². The lowest BCUT2D eigenvalue weighted by Gasteiger charge is -2.38. The van der Waals surface area contributed by atoms with Crippen LogP contribution in [0.3, 0.4) is 0 Å². The number of aromatic nitrogens is 2. The summed E-state index contributed by atoms with van der Waals surface area (Å²) in [5.41, 5.74) is 3.25. The summed E-state index contributed by atoms with van der Waals surface area (Å²) >= 11 is 0. The first-order valence-electron chi connectivity index (χ1n) is 12.2.